The van der Waals surface area contributed by atoms with Crippen molar-refractivity contribution in [2.24, 2.45) is 0 Å². The number of halogens is 1. The van der Waals surface area contributed by atoms with Crippen LogP contribution in [0.25, 0.3) is 0 Å². The normalized spacial score (nSPS) is 10.2. The summed E-state index contributed by atoms with van der Waals surface area (Å²) in [7, 11) is 0. The van der Waals surface area contributed by atoms with Gasteiger partial charge < -0.3 is 10.6 Å². The molecule has 2 aromatic carbocycles. The second kappa shape index (κ2) is 8.48. The van der Waals surface area contributed by atoms with Gasteiger partial charge in [-0.3, -0.25) is 9.59 Å². The Morgan fingerprint density at radius 2 is 1.70 bits per heavy atom. The van der Waals surface area contributed by atoms with Crippen molar-refractivity contribution in [3.63, 3.8) is 0 Å². The van der Waals surface area contributed by atoms with E-state index in [1.165, 1.54) is 5.56 Å². The lowest BCUT2D eigenvalue weighted by Crippen LogP contribution is -2.37. The van der Waals surface area contributed by atoms with E-state index in [0.717, 1.165) is 15.6 Å². The minimum Gasteiger partial charge on any atom is -0.350 e. The van der Waals surface area contributed by atoms with Gasteiger partial charge in [0.05, 0.1) is 13.0 Å². The maximum Gasteiger partial charge on any atom is 0.239 e. The van der Waals surface area contributed by atoms with Gasteiger partial charge in [0.1, 0.15) is 0 Å². The monoisotopic (exact) mass is 374 g/mol. The number of benzene rings is 2. The molecular formula is C18H19BrN2O2. The highest BCUT2D eigenvalue weighted by Crippen LogP contribution is 2.11. The first-order valence-corrected chi connectivity index (χ1v) is 8.15. The molecule has 2 rings (SSSR count). The molecule has 0 radical (unpaired) electrons. The van der Waals surface area contributed by atoms with Crippen molar-refractivity contribution >= 4 is 27.7 Å². The lowest BCUT2D eigenvalue weighted by atomic mass is 10.1. The molecule has 0 aliphatic heterocycles. The van der Waals surface area contributed by atoms with Gasteiger partial charge in [-0.25, -0.2) is 0 Å². The quantitative estimate of drug-likeness (QED) is 0.816. The van der Waals surface area contributed by atoms with Crippen LogP contribution in [0, 0.1) is 6.92 Å². The first-order valence-electron chi connectivity index (χ1n) is 7.36. The van der Waals surface area contributed by atoms with Crippen molar-refractivity contribution in [2.75, 3.05) is 6.54 Å². The smallest absolute Gasteiger partial charge is 0.239 e. The molecule has 0 spiro atoms. The van der Waals surface area contributed by atoms with Crippen LogP contribution in [0.15, 0.2) is 53.0 Å². The van der Waals surface area contributed by atoms with Crippen molar-refractivity contribution in [1.29, 1.82) is 0 Å². The van der Waals surface area contributed by atoms with E-state index >= 15 is 0 Å². The molecule has 4 nitrogen and oxygen atoms in total. The number of nitrogens with one attached hydrogen (secondary N) is 2. The Balaban J connectivity index is 1.71. The van der Waals surface area contributed by atoms with Crippen LogP contribution in [0.3, 0.4) is 0 Å². The molecule has 23 heavy (non-hydrogen) atoms. The molecule has 2 N–H and O–H groups in total. The van der Waals surface area contributed by atoms with Crippen LogP contribution in [0.1, 0.15) is 16.7 Å². The van der Waals surface area contributed by atoms with Crippen molar-refractivity contribution in [3.05, 3.63) is 69.7 Å². The molecule has 0 aliphatic carbocycles. The Labute approximate surface area is 144 Å². The van der Waals surface area contributed by atoms with Gasteiger partial charge in [-0.15, -0.1) is 0 Å². The number of carbonyl (C=O) groups is 2. The average molecular weight is 375 g/mol. The van der Waals surface area contributed by atoms with E-state index in [0.29, 0.717) is 6.54 Å². The number of amides is 2. The average Bonchev–Trinajstić information content (AvgIpc) is 2.52. The van der Waals surface area contributed by atoms with Crippen molar-refractivity contribution in [2.45, 2.75) is 19.9 Å². The molecule has 0 heterocycles. The minimum absolute atomic E-state index is 0.0152. The highest BCUT2D eigenvalue weighted by Gasteiger charge is 2.07. The molecule has 0 aliphatic rings. The van der Waals surface area contributed by atoms with Crippen LogP contribution < -0.4 is 10.6 Å². The first-order chi connectivity index (χ1) is 11.0. The fraction of sp³-hybridized carbons (Fsp3) is 0.222. The Morgan fingerprint density at radius 3 is 2.39 bits per heavy atom. The summed E-state index contributed by atoms with van der Waals surface area (Å²) >= 11 is 3.37. The van der Waals surface area contributed by atoms with Crippen LogP contribution in [0.5, 0.6) is 0 Å². The van der Waals surface area contributed by atoms with Gasteiger partial charge in [0.25, 0.3) is 0 Å². The van der Waals surface area contributed by atoms with Crippen LogP contribution in [0.2, 0.25) is 0 Å². The number of rotatable bonds is 6. The Hall–Kier alpha value is -2.14. The highest BCUT2D eigenvalue weighted by atomic mass is 79.9. The molecule has 0 saturated carbocycles. The van der Waals surface area contributed by atoms with E-state index in [1.54, 1.807) is 0 Å². The highest BCUT2D eigenvalue weighted by molar-refractivity contribution is 9.10. The third-order valence-electron chi connectivity index (χ3n) is 3.31. The molecule has 0 bridgehead atoms. The second-order valence-electron chi connectivity index (χ2n) is 5.35. The molecule has 0 unspecified atom stereocenters. The summed E-state index contributed by atoms with van der Waals surface area (Å²) in [5, 5.41) is 5.42. The zero-order chi connectivity index (χ0) is 16.7. The Kier molecular flexibility index (Phi) is 6.35. The predicted octanol–water partition coefficient (Wildman–Crippen LogP) is 2.73. The zero-order valence-electron chi connectivity index (χ0n) is 12.9. The second-order valence-corrected chi connectivity index (χ2v) is 6.26. The fourth-order valence-corrected chi connectivity index (χ4v) is 2.49. The topological polar surface area (TPSA) is 58.2 Å². The van der Waals surface area contributed by atoms with Crippen molar-refractivity contribution in [1.82, 2.24) is 10.6 Å². The van der Waals surface area contributed by atoms with E-state index in [4.69, 9.17) is 0 Å². The van der Waals surface area contributed by atoms with E-state index in [9.17, 15) is 9.59 Å². The summed E-state index contributed by atoms with van der Waals surface area (Å²) in [5.41, 5.74) is 3.11. The summed E-state index contributed by atoms with van der Waals surface area (Å²) in [4.78, 5) is 23.6. The summed E-state index contributed by atoms with van der Waals surface area (Å²) in [6.45, 7) is 2.46. The summed E-state index contributed by atoms with van der Waals surface area (Å²) in [5.74, 6) is -0.373. The van der Waals surface area contributed by atoms with Gasteiger partial charge in [-0.05, 0) is 30.2 Å². The van der Waals surface area contributed by atoms with E-state index in [2.05, 4.69) is 26.6 Å². The lowest BCUT2D eigenvalue weighted by Gasteiger charge is -2.08. The Bertz CT molecular complexity index is 684. The molecule has 0 fully saturated rings. The Morgan fingerprint density at radius 1 is 0.957 bits per heavy atom. The molecule has 0 atom stereocenters. The van der Waals surface area contributed by atoms with Crippen molar-refractivity contribution < 1.29 is 9.59 Å². The van der Waals surface area contributed by atoms with E-state index < -0.39 is 0 Å². The van der Waals surface area contributed by atoms with Gasteiger partial charge in [0.15, 0.2) is 0 Å². The number of hydrogen-bond donors (Lipinski definition) is 2. The number of aryl methyl sites for hydroxylation is 1. The standard InChI is InChI=1S/C18H19BrN2O2/c1-13-5-7-14(8-6-13)11-20-18(23)12-21-17(22)10-15-3-2-4-16(19)9-15/h2-9H,10-12H2,1H3,(H,20,23)(H,21,22). The van der Waals surface area contributed by atoms with Crippen LogP contribution in [-0.4, -0.2) is 18.4 Å². The van der Waals surface area contributed by atoms with Gasteiger partial charge in [0.2, 0.25) is 11.8 Å². The third-order valence-corrected chi connectivity index (χ3v) is 3.80. The van der Waals surface area contributed by atoms with Gasteiger partial charge in [-0.2, -0.15) is 0 Å². The lowest BCUT2D eigenvalue weighted by molar-refractivity contribution is -0.125. The molecule has 0 saturated heterocycles. The molecule has 2 aromatic rings. The molecule has 2 amide bonds. The largest absolute Gasteiger partial charge is 0.350 e. The number of hydrogen-bond acceptors (Lipinski definition) is 2. The van der Waals surface area contributed by atoms with Gasteiger partial charge in [0, 0.05) is 11.0 Å². The summed E-state index contributed by atoms with van der Waals surface area (Å²) in [6.07, 6.45) is 0.255. The first kappa shape index (κ1) is 17.2. The van der Waals surface area contributed by atoms with Crippen LogP contribution >= 0.6 is 15.9 Å². The maximum atomic E-state index is 11.8. The summed E-state index contributed by atoms with van der Waals surface area (Å²) < 4.78 is 0.929. The minimum atomic E-state index is -0.201. The molecule has 0 aromatic heterocycles. The van der Waals surface area contributed by atoms with E-state index in [-0.39, 0.29) is 24.8 Å². The fourth-order valence-electron chi connectivity index (χ4n) is 2.04. The molecule has 5 heteroatoms. The molecule has 120 valence electrons. The van der Waals surface area contributed by atoms with Crippen LogP contribution in [0.4, 0.5) is 0 Å². The van der Waals surface area contributed by atoms with E-state index in [1.807, 2.05) is 55.5 Å². The number of carbonyl (C=O) groups excluding carboxylic acids is 2. The van der Waals surface area contributed by atoms with Gasteiger partial charge in [-0.1, -0.05) is 57.9 Å². The van der Waals surface area contributed by atoms with Gasteiger partial charge >= 0.3 is 0 Å². The third kappa shape index (κ3) is 6.24. The predicted molar refractivity (Wildman–Crippen MR) is 93.9 cm³/mol. The SMILES string of the molecule is Cc1ccc(CNC(=O)CNC(=O)Cc2cccc(Br)c2)cc1. The molecular weight excluding hydrogens is 356 g/mol. The maximum absolute atomic E-state index is 11.8. The van der Waals surface area contributed by atoms with Crippen LogP contribution in [-0.2, 0) is 22.6 Å². The van der Waals surface area contributed by atoms with Crippen molar-refractivity contribution in [3.8, 4) is 0 Å². The summed E-state index contributed by atoms with van der Waals surface area (Å²) in [6, 6.07) is 15.5. The zero-order valence-corrected chi connectivity index (χ0v) is 14.5.